The number of piperidine rings is 2. The lowest BCUT2D eigenvalue weighted by Crippen LogP contribution is -2.48. The Balaban J connectivity index is 0.000000262. The molecule has 0 saturated carbocycles. The van der Waals surface area contributed by atoms with E-state index in [1.165, 1.54) is 72.2 Å². The zero-order valence-corrected chi connectivity index (χ0v) is 57.2. The summed E-state index contributed by atoms with van der Waals surface area (Å²) in [5.74, 6) is -9.22. The molecular weight excluding hydrogens is 1410 g/mol. The molecule has 550 valence electrons. The van der Waals surface area contributed by atoms with Crippen molar-refractivity contribution in [2.45, 2.75) is 105 Å². The number of nitrogens with zero attached hydrogens (tertiary/aromatic N) is 6. The number of aromatic nitrogens is 2. The van der Waals surface area contributed by atoms with Crippen LogP contribution in [0.1, 0.15) is 102 Å². The number of hydrogen-bond donors (Lipinski definition) is 0. The molecule has 12 nitrogen and oxygen atoms in total. The minimum Gasteiger partial charge on any atom is -0.383 e. The number of methoxy groups -OCH3 is 2. The third-order valence-electron chi connectivity index (χ3n) is 16.4. The van der Waals surface area contributed by atoms with Gasteiger partial charge in [0.15, 0.2) is 34.1 Å². The summed E-state index contributed by atoms with van der Waals surface area (Å²) in [5, 5.41) is -1.81. The monoisotopic (exact) mass is 1510 g/mol. The van der Waals surface area contributed by atoms with E-state index >= 15 is 9.18 Å². The van der Waals surface area contributed by atoms with Gasteiger partial charge >= 0.3 is 12.4 Å². The van der Waals surface area contributed by atoms with Gasteiger partial charge in [-0.25, -0.2) is 17.6 Å². The number of para-hydroxylation sites is 1. The number of hydrogen-bond acceptors (Lipinski definition) is 10. The topological polar surface area (TPSA) is 110 Å². The summed E-state index contributed by atoms with van der Waals surface area (Å²) in [4.78, 5) is 61.7. The molecule has 24 heteroatoms. The van der Waals surface area contributed by atoms with Crippen molar-refractivity contribution in [1.82, 2.24) is 28.7 Å². The average molecular weight is 1510 g/mol. The third kappa shape index (κ3) is 19.5. The van der Waals surface area contributed by atoms with E-state index in [1.54, 1.807) is 17.0 Å². The standard InChI is InChI=1S/C41H40F5N3O3S.C40H38F5N3O3S/c1-27-6-15-36-34(22-27)37(50)23-39(53-26-31-4-3-5-35(42)40(31)43)49(36)25-38(51)48(33-16-18-47(19-17-33)20-21-52-2)24-28-7-9-29(10-8-28)30-11-13-32(14-12-30)41(44,45)46;1-51-22-21-46-19-17-32(18-20-46)47(24-27-9-11-28(12-10-27)29-13-15-31(16-14-29)40(43,44)45)37(50)25-48-35-8-3-2-6-33(35)36(49)23-38(48)52-26-30-5-4-7-34(41)39(30)42/h3-15,22-23,33H,16-21,24-26H2,1-2H3;2-16,23,32H,17-22,24-26H2,1H3/i3D,4D,5D,6D,7D,8D,9D,10D,11D,12D,13D,14D,15D,20D2,22D,23D,24D2,26D2;21D2,24D2,26D2. The summed E-state index contributed by atoms with van der Waals surface area (Å²) in [6.45, 7) is -12.1. The molecule has 0 unspecified atom stereocenters. The lowest BCUT2D eigenvalue weighted by molar-refractivity contribution is -0.138. The van der Waals surface area contributed by atoms with Crippen molar-refractivity contribution in [3.8, 4) is 22.3 Å². The summed E-state index contributed by atoms with van der Waals surface area (Å²) >= 11 is 0.0332. The maximum atomic E-state index is 15.6. The average Bonchev–Trinajstić information content (AvgIpc) is 0.720. The summed E-state index contributed by atoms with van der Waals surface area (Å²) in [7, 11) is 2.59. The van der Waals surface area contributed by atoms with Crippen LogP contribution in [0, 0.1) is 30.2 Å². The quantitative estimate of drug-likeness (QED) is 0.0428. The predicted octanol–water partition coefficient (Wildman–Crippen LogP) is 17.1. The van der Waals surface area contributed by atoms with Gasteiger partial charge in [0, 0.05) is 135 Å². The molecule has 0 N–H and O–H groups in total. The second kappa shape index (κ2) is 34.9. The van der Waals surface area contributed by atoms with Gasteiger partial charge in [0.1, 0.15) is 13.1 Å². The van der Waals surface area contributed by atoms with Crippen molar-refractivity contribution in [3.05, 3.63) is 270 Å². The van der Waals surface area contributed by atoms with Crippen LogP contribution in [0.2, 0.25) is 0 Å². The minimum atomic E-state index is -5.43. The maximum absolute atomic E-state index is 15.6. The van der Waals surface area contributed by atoms with E-state index in [0.717, 1.165) is 48.2 Å². The molecule has 0 atom stereocenters. The largest absolute Gasteiger partial charge is 0.416 e. The van der Waals surface area contributed by atoms with Crippen LogP contribution in [0.3, 0.4) is 0 Å². The van der Waals surface area contributed by atoms with Crippen molar-refractivity contribution >= 4 is 57.1 Å². The molecule has 2 aromatic heterocycles. The van der Waals surface area contributed by atoms with Gasteiger partial charge < -0.3 is 38.2 Å². The molecule has 2 saturated heterocycles. The van der Waals surface area contributed by atoms with Gasteiger partial charge in [0.05, 0.1) is 71.5 Å². The van der Waals surface area contributed by atoms with Crippen LogP contribution in [0.4, 0.5) is 43.9 Å². The molecule has 0 aliphatic carbocycles. The molecule has 0 bridgehead atoms. The van der Waals surface area contributed by atoms with Crippen molar-refractivity contribution in [3.63, 3.8) is 0 Å². The number of thioether (sulfide) groups is 2. The summed E-state index contributed by atoms with van der Waals surface area (Å²) in [6.07, 6.45) is -10.4. The van der Waals surface area contributed by atoms with Gasteiger partial charge in [-0.05, 0) is 127 Å². The number of halogens is 10. The lowest BCUT2D eigenvalue weighted by atomic mass is 10.00. The molecular formula is C81H78F10N6O6S2. The Morgan fingerprint density at radius 3 is 1.63 bits per heavy atom. The molecule has 12 rings (SSSR count). The highest BCUT2D eigenvalue weighted by Gasteiger charge is 2.34. The molecule has 2 aliphatic rings. The van der Waals surface area contributed by atoms with Crippen molar-refractivity contribution in [2.24, 2.45) is 0 Å². The Hall–Kier alpha value is -9.04. The zero-order chi connectivity index (χ0) is 98.3. The van der Waals surface area contributed by atoms with E-state index in [-0.39, 0.29) is 97.3 Å². The van der Waals surface area contributed by atoms with E-state index in [1.807, 2.05) is 0 Å². The van der Waals surface area contributed by atoms with Gasteiger partial charge in [-0.15, -0.1) is 23.5 Å². The van der Waals surface area contributed by atoms with Crippen LogP contribution in [-0.4, -0.2) is 119 Å². The van der Waals surface area contributed by atoms with Gasteiger partial charge in [0.2, 0.25) is 11.8 Å². The Labute approximate surface area is 648 Å². The molecule has 2 aliphatic heterocycles. The number of carbonyl (C=O) groups excluding carboxylic acids is 2. The fourth-order valence-corrected chi connectivity index (χ4v) is 12.7. The third-order valence-corrected chi connectivity index (χ3v) is 18.1. The summed E-state index contributed by atoms with van der Waals surface area (Å²) in [6, 6.07) is -0.899. The number of alkyl halides is 6. The van der Waals surface area contributed by atoms with Gasteiger partial charge in [0.25, 0.3) is 0 Å². The molecule has 105 heavy (non-hydrogen) atoms. The Bertz CT molecular complexity index is 6240. The number of rotatable bonds is 24. The highest BCUT2D eigenvalue weighted by Crippen LogP contribution is 2.36. The number of pyridine rings is 2. The lowest BCUT2D eigenvalue weighted by Gasteiger charge is -2.39. The summed E-state index contributed by atoms with van der Waals surface area (Å²) in [5.41, 5.74) is -16.6. The fourth-order valence-electron chi connectivity index (χ4n) is 11.1. The fraction of sp³-hybridized carbons (Fsp3) is 0.309. The molecule has 2 amide bonds. The highest BCUT2D eigenvalue weighted by atomic mass is 32.2. The van der Waals surface area contributed by atoms with E-state index in [4.69, 9.17) is 41.0 Å². The molecule has 4 heterocycles. The van der Waals surface area contributed by atoms with Gasteiger partial charge in [-0.1, -0.05) is 121 Å². The number of amides is 2. The van der Waals surface area contributed by atoms with Crippen molar-refractivity contribution < 1.29 is 100.0 Å². The molecule has 10 aromatic rings. The number of carbonyl (C=O) groups is 2. The van der Waals surface area contributed by atoms with Crippen LogP contribution in [0.15, 0.2) is 207 Å². The highest BCUT2D eigenvalue weighted by molar-refractivity contribution is 7.98. The van der Waals surface area contributed by atoms with Crippen molar-refractivity contribution in [2.75, 3.05) is 66.6 Å². The SMILES string of the molecule is [2H]C([2H])(Sc1cc(=O)c2ccccc2n1CC(=O)N(C1CCN(C([2H])([2H])COC)CC1)C([2H])([2H])c1ccc(-c2ccc(C(F)(F)F)cc2)cc1)c1cccc(F)c1F.[2H]c1c([2H])c(F)c(F)c(C([2H])([2H])Sc2c([2H])c(=O)c3c([2H])c(C)c([2H])c([2H])c3n2CC(=O)N(C2CCN(C([2H])([2H])COC)CC2)C([2H])([2H])c2c([2H])c([2H])c(-c3c([2H])c([2H])c(C(F)(F)F)c([2H])c3[2H])c([2H])c2[2H])c1[2H]. The Morgan fingerprint density at radius 2 is 1.05 bits per heavy atom. The normalized spacial score (nSPS) is 18.7. The zero-order valence-electron chi connectivity index (χ0n) is 82.6. The Morgan fingerprint density at radius 1 is 0.524 bits per heavy atom. The van der Waals surface area contributed by atoms with Gasteiger partial charge in [-0.3, -0.25) is 19.2 Å². The number of fused-ring (bicyclic) bond motifs is 2. The molecule has 0 radical (unpaired) electrons. The molecule has 0 spiro atoms. The first-order valence-corrected chi connectivity index (χ1v) is 33.5. The van der Waals surface area contributed by atoms with E-state index in [9.17, 15) is 59.4 Å². The second-order valence-corrected chi connectivity index (χ2v) is 25.0. The van der Waals surface area contributed by atoms with Crippen LogP contribution in [-0.2, 0) is 68.9 Å². The number of likely N-dealkylation sites (tertiary alicyclic amines) is 2. The number of ether oxygens (including phenoxy) is 2. The molecule has 8 aromatic carbocycles. The first kappa shape index (κ1) is 48.9. The smallest absolute Gasteiger partial charge is 0.383 e. The van der Waals surface area contributed by atoms with Crippen LogP contribution in [0.5, 0.6) is 0 Å². The van der Waals surface area contributed by atoms with Crippen LogP contribution in [0.25, 0.3) is 44.1 Å². The van der Waals surface area contributed by atoms with Gasteiger partial charge in [-0.2, -0.15) is 26.3 Å². The predicted molar refractivity (Wildman–Crippen MR) is 391 cm³/mol. The summed E-state index contributed by atoms with van der Waals surface area (Å²) < 4.78 is 388. The van der Waals surface area contributed by atoms with E-state index in [0.29, 0.717) is 32.4 Å². The Kier molecular flexibility index (Phi) is 16.3. The first-order chi connectivity index (χ1) is 61.2. The molecule has 2 fully saturated rings. The maximum Gasteiger partial charge on any atom is 0.416 e. The first-order valence-electron chi connectivity index (χ1n) is 45.4. The second-order valence-electron chi connectivity index (χ2n) is 23.4. The van der Waals surface area contributed by atoms with Crippen LogP contribution < -0.4 is 10.9 Å². The van der Waals surface area contributed by atoms with E-state index < -0.39 is 273 Å². The minimum absolute atomic E-state index is 0.0333. The van der Waals surface area contributed by atoms with E-state index in [2.05, 4.69) is 0 Å². The van der Waals surface area contributed by atoms with Crippen LogP contribution >= 0.6 is 23.5 Å². The van der Waals surface area contributed by atoms with Crippen molar-refractivity contribution in [1.29, 1.82) is 0 Å². The number of benzene rings is 8.